The van der Waals surface area contributed by atoms with Gasteiger partial charge in [0.25, 0.3) is 0 Å². The Morgan fingerprint density at radius 3 is 2.56 bits per heavy atom. The fraction of sp³-hybridized carbons (Fsp3) is 0.615. The smallest absolute Gasteiger partial charge is 0.143 e. The summed E-state index contributed by atoms with van der Waals surface area (Å²) in [5.74, 6) is 1.07. The van der Waals surface area contributed by atoms with E-state index in [9.17, 15) is 0 Å². The SMILES string of the molecule is BrCCN(c1ncc(Br)cc1Br)C1CCCCC1. The van der Waals surface area contributed by atoms with E-state index >= 15 is 0 Å². The molecule has 1 aromatic heterocycles. The van der Waals surface area contributed by atoms with Crippen LogP contribution in [0.3, 0.4) is 0 Å². The Morgan fingerprint density at radius 2 is 1.94 bits per heavy atom. The molecule has 2 nitrogen and oxygen atoms in total. The van der Waals surface area contributed by atoms with Crippen molar-refractivity contribution >= 4 is 53.6 Å². The molecule has 0 aliphatic heterocycles. The van der Waals surface area contributed by atoms with E-state index in [1.807, 2.05) is 6.20 Å². The Balaban J connectivity index is 2.22. The number of alkyl halides is 1. The van der Waals surface area contributed by atoms with Crippen molar-refractivity contribution in [3.63, 3.8) is 0 Å². The molecule has 0 atom stereocenters. The van der Waals surface area contributed by atoms with Gasteiger partial charge in [0.2, 0.25) is 0 Å². The highest BCUT2D eigenvalue weighted by Gasteiger charge is 2.23. The predicted molar refractivity (Wildman–Crippen MR) is 87.7 cm³/mol. The van der Waals surface area contributed by atoms with Crippen molar-refractivity contribution in [1.82, 2.24) is 4.98 Å². The number of nitrogens with zero attached hydrogens (tertiary/aromatic N) is 2. The number of hydrogen-bond donors (Lipinski definition) is 0. The summed E-state index contributed by atoms with van der Waals surface area (Å²) in [7, 11) is 0. The lowest BCUT2D eigenvalue weighted by Gasteiger charge is -2.35. The van der Waals surface area contributed by atoms with Crippen molar-refractivity contribution in [3.8, 4) is 0 Å². The largest absolute Gasteiger partial charge is 0.352 e. The van der Waals surface area contributed by atoms with E-state index in [-0.39, 0.29) is 0 Å². The van der Waals surface area contributed by atoms with Gasteiger partial charge < -0.3 is 4.90 Å². The first-order valence-corrected chi connectivity index (χ1v) is 9.07. The van der Waals surface area contributed by atoms with Crippen molar-refractivity contribution in [2.45, 2.75) is 38.1 Å². The highest BCUT2D eigenvalue weighted by Crippen LogP contribution is 2.32. The zero-order chi connectivity index (χ0) is 13.0. The molecule has 1 aliphatic rings. The standard InChI is InChI=1S/C13H17Br3N2/c14-6-7-18(11-4-2-1-3-5-11)13-12(16)8-10(15)9-17-13/h8-9,11H,1-7H2. The number of hydrogen-bond acceptors (Lipinski definition) is 2. The molecular weight excluding hydrogens is 424 g/mol. The first-order valence-electron chi connectivity index (χ1n) is 6.36. The maximum absolute atomic E-state index is 4.58. The summed E-state index contributed by atoms with van der Waals surface area (Å²) in [6, 6.07) is 2.72. The van der Waals surface area contributed by atoms with Crippen LogP contribution in [0.15, 0.2) is 21.2 Å². The summed E-state index contributed by atoms with van der Waals surface area (Å²) in [6.07, 6.45) is 8.53. The molecule has 0 bridgehead atoms. The lowest BCUT2D eigenvalue weighted by Crippen LogP contribution is -2.39. The summed E-state index contributed by atoms with van der Waals surface area (Å²) in [5, 5.41) is 0.980. The minimum absolute atomic E-state index is 0.640. The van der Waals surface area contributed by atoms with Gasteiger partial charge in [0, 0.05) is 28.6 Å². The van der Waals surface area contributed by atoms with Gasteiger partial charge >= 0.3 is 0 Å². The number of halogens is 3. The van der Waals surface area contributed by atoms with Crippen molar-refractivity contribution in [1.29, 1.82) is 0 Å². The zero-order valence-electron chi connectivity index (χ0n) is 10.2. The Morgan fingerprint density at radius 1 is 1.22 bits per heavy atom. The number of anilines is 1. The zero-order valence-corrected chi connectivity index (χ0v) is 15.0. The van der Waals surface area contributed by atoms with Crippen LogP contribution in [-0.2, 0) is 0 Å². The van der Waals surface area contributed by atoms with Gasteiger partial charge in [-0.05, 0) is 50.8 Å². The van der Waals surface area contributed by atoms with E-state index in [4.69, 9.17) is 0 Å². The minimum Gasteiger partial charge on any atom is -0.352 e. The van der Waals surface area contributed by atoms with Crippen LogP contribution in [0.1, 0.15) is 32.1 Å². The summed E-state index contributed by atoms with van der Waals surface area (Å²) < 4.78 is 2.09. The molecule has 0 radical (unpaired) electrons. The van der Waals surface area contributed by atoms with E-state index in [0.29, 0.717) is 6.04 Å². The van der Waals surface area contributed by atoms with Gasteiger partial charge in [-0.2, -0.15) is 0 Å². The monoisotopic (exact) mass is 438 g/mol. The van der Waals surface area contributed by atoms with Gasteiger partial charge in [-0.25, -0.2) is 4.98 Å². The third kappa shape index (κ3) is 3.70. The topological polar surface area (TPSA) is 16.1 Å². The second-order valence-electron chi connectivity index (χ2n) is 4.63. The van der Waals surface area contributed by atoms with Crippen LogP contribution in [-0.4, -0.2) is 22.9 Å². The van der Waals surface area contributed by atoms with Crippen molar-refractivity contribution in [3.05, 3.63) is 21.2 Å². The van der Waals surface area contributed by atoms with Crippen molar-refractivity contribution < 1.29 is 0 Å². The fourth-order valence-electron chi connectivity index (χ4n) is 2.56. The van der Waals surface area contributed by atoms with Crippen molar-refractivity contribution in [2.75, 3.05) is 16.8 Å². The summed E-state index contributed by atoms with van der Waals surface area (Å²) >= 11 is 10.7. The number of rotatable bonds is 4. The van der Waals surface area contributed by atoms with Crippen LogP contribution in [0.2, 0.25) is 0 Å². The highest BCUT2D eigenvalue weighted by molar-refractivity contribution is 9.11. The van der Waals surface area contributed by atoms with E-state index in [0.717, 1.165) is 26.6 Å². The summed E-state index contributed by atoms with van der Waals surface area (Å²) in [6.45, 7) is 1.01. The molecule has 1 fully saturated rings. The van der Waals surface area contributed by atoms with Crippen LogP contribution in [0.4, 0.5) is 5.82 Å². The maximum Gasteiger partial charge on any atom is 0.143 e. The van der Waals surface area contributed by atoms with Gasteiger partial charge in [0.1, 0.15) is 5.82 Å². The van der Waals surface area contributed by atoms with Crippen LogP contribution >= 0.6 is 47.8 Å². The molecule has 1 aromatic rings. The highest BCUT2D eigenvalue weighted by atomic mass is 79.9. The van der Waals surface area contributed by atoms with E-state index in [2.05, 4.69) is 63.7 Å². The fourth-order valence-corrected chi connectivity index (χ4v) is 4.16. The van der Waals surface area contributed by atoms with Gasteiger partial charge in [-0.15, -0.1) is 0 Å². The van der Waals surface area contributed by atoms with Gasteiger partial charge in [0.05, 0.1) is 4.47 Å². The first-order chi connectivity index (χ1) is 8.72. The first kappa shape index (κ1) is 14.8. The number of pyridine rings is 1. The molecule has 0 amide bonds. The molecule has 1 heterocycles. The van der Waals surface area contributed by atoms with Crippen molar-refractivity contribution in [2.24, 2.45) is 0 Å². The van der Waals surface area contributed by atoms with Crippen LogP contribution in [0.5, 0.6) is 0 Å². The second-order valence-corrected chi connectivity index (χ2v) is 7.20. The van der Waals surface area contributed by atoms with Crippen LogP contribution in [0, 0.1) is 0 Å². The Hall–Kier alpha value is 0.390. The molecule has 2 rings (SSSR count). The molecule has 0 spiro atoms. The molecule has 0 aromatic carbocycles. The lowest BCUT2D eigenvalue weighted by atomic mass is 9.94. The molecule has 1 saturated carbocycles. The Labute approximate surface area is 134 Å². The molecule has 1 aliphatic carbocycles. The van der Waals surface area contributed by atoms with E-state index in [1.54, 1.807) is 0 Å². The third-order valence-electron chi connectivity index (χ3n) is 3.40. The Bertz CT molecular complexity index is 392. The lowest BCUT2D eigenvalue weighted by molar-refractivity contribution is 0.417. The third-order valence-corrected chi connectivity index (χ3v) is 4.77. The normalized spacial score (nSPS) is 16.8. The molecular formula is C13H17Br3N2. The quantitative estimate of drug-likeness (QED) is 0.602. The van der Waals surface area contributed by atoms with E-state index < -0.39 is 0 Å². The van der Waals surface area contributed by atoms with Crippen LogP contribution < -0.4 is 4.90 Å². The molecule has 100 valence electrons. The minimum atomic E-state index is 0.640. The summed E-state index contributed by atoms with van der Waals surface area (Å²) in [4.78, 5) is 7.03. The Kier molecular flexibility index (Phi) is 5.96. The summed E-state index contributed by atoms with van der Waals surface area (Å²) in [5.41, 5.74) is 0. The van der Waals surface area contributed by atoms with Gasteiger partial charge in [-0.1, -0.05) is 35.2 Å². The molecule has 0 N–H and O–H groups in total. The molecule has 0 unspecified atom stereocenters. The second kappa shape index (κ2) is 7.25. The number of aromatic nitrogens is 1. The predicted octanol–water partition coefficient (Wildman–Crippen LogP) is 5.14. The maximum atomic E-state index is 4.58. The molecule has 18 heavy (non-hydrogen) atoms. The molecule has 5 heteroatoms. The van der Waals surface area contributed by atoms with Gasteiger partial charge in [0.15, 0.2) is 0 Å². The van der Waals surface area contributed by atoms with Gasteiger partial charge in [-0.3, -0.25) is 0 Å². The van der Waals surface area contributed by atoms with Crippen LogP contribution in [0.25, 0.3) is 0 Å². The van der Waals surface area contributed by atoms with E-state index in [1.165, 1.54) is 32.1 Å². The average Bonchev–Trinajstić information content (AvgIpc) is 2.38. The molecule has 0 saturated heterocycles. The average molecular weight is 441 g/mol.